The SMILES string of the molecule is O=C(CSc1nnc2ccc(C(=O)NCc3ccccc3)cn12)Nc1ccc2c(c1)OCCO2. The second kappa shape index (κ2) is 9.84. The number of thioether (sulfide) groups is 1. The van der Waals surface area contributed by atoms with Crippen molar-refractivity contribution in [3.8, 4) is 11.5 Å². The van der Waals surface area contributed by atoms with Crippen molar-refractivity contribution in [3.63, 3.8) is 0 Å². The summed E-state index contributed by atoms with van der Waals surface area (Å²) in [7, 11) is 0. The van der Waals surface area contributed by atoms with Crippen molar-refractivity contribution in [2.45, 2.75) is 11.7 Å². The number of rotatable bonds is 7. The first-order valence-electron chi connectivity index (χ1n) is 10.6. The van der Waals surface area contributed by atoms with Gasteiger partial charge in [0.1, 0.15) is 13.2 Å². The van der Waals surface area contributed by atoms with Crippen molar-refractivity contribution in [3.05, 3.63) is 78.0 Å². The summed E-state index contributed by atoms with van der Waals surface area (Å²) in [5.74, 6) is 0.997. The minimum absolute atomic E-state index is 0.125. The molecule has 3 heterocycles. The lowest BCUT2D eigenvalue weighted by Gasteiger charge is -2.18. The largest absolute Gasteiger partial charge is 0.486 e. The van der Waals surface area contributed by atoms with Crippen molar-refractivity contribution < 1.29 is 19.1 Å². The lowest BCUT2D eigenvalue weighted by atomic mass is 10.2. The second-order valence-electron chi connectivity index (χ2n) is 7.49. The fourth-order valence-corrected chi connectivity index (χ4v) is 4.15. The highest BCUT2D eigenvalue weighted by atomic mass is 32.2. The fraction of sp³-hybridized carbons (Fsp3) is 0.167. The molecule has 0 saturated heterocycles. The van der Waals surface area contributed by atoms with Crippen LogP contribution < -0.4 is 20.1 Å². The van der Waals surface area contributed by atoms with E-state index in [1.807, 2.05) is 30.3 Å². The zero-order valence-corrected chi connectivity index (χ0v) is 18.9. The van der Waals surface area contributed by atoms with Crippen LogP contribution in [0.1, 0.15) is 15.9 Å². The Bertz CT molecular complexity index is 1340. The van der Waals surface area contributed by atoms with Gasteiger partial charge in [-0.3, -0.25) is 14.0 Å². The second-order valence-corrected chi connectivity index (χ2v) is 8.43. The summed E-state index contributed by atoms with van der Waals surface area (Å²) in [5, 5.41) is 14.5. The van der Waals surface area contributed by atoms with E-state index in [4.69, 9.17) is 9.47 Å². The van der Waals surface area contributed by atoms with Gasteiger partial charge in [0, 0.05) is 24.5 Å². The molecule has 10 heteroatoms. The smallest absolute Gasteiger partial charge is 0.253 e. The molecule has 4 aromatic rings. The van der Waals surface area contributed by atoms with Crippen LogP contribution in [0.5, 0.6) is 11.5 Å². The van der Waals surface area contributed by atoms with Crippen molar-refractivity contribution in [2.24, 2.45) is 0 Å². The summed E-state index contributed by atoms with van der Waals surface area (Å²) in [6, 6.07) is 18.4. The van der Waals surface area contributed by atoms with Gasteiger partial charge in [0.15, 0.2) is 22.3 Å². The van der Waals surface area contributed by atoms with Gasteiger partial charge in [-0.05, 0) is 29.8 Å². The van der Waals surface area contributed by atoms with E-state index in [0.29, 0.717) is 53.3 Å². The van der Waals surface area contributed by atoms with Gasteiger partial charge in [-0.1, -0.05) is 42.1 Å². The van der Waals surface area contributed by atoms with Crippen LogP contribution in [0.2, 0.25) is 0 Å². The predicted molar refractivity (Wildman–Crippen MR) is 127 cm³/mol. The number of pyridine rings is 1. The molecular weight excluding hydrogens is 454 g/mol. The summed E-state index contributed by atoms with van der Waals surface area (Å²) >= 11 is 1.23. The number of ether oxygens (including phenoxy) is 2. The molecule has 0 radical (unpaired) electrons. The monoisotopic (exact) mass is 475 g/mol. The van der Waals surface area contributed by atoms with E-state index in [0.717, 1.165) is 5.56 Å². The molecule has 2 N–H and O–H groups in total. The van der Waals surface area contributed by atoms with Gasteiger partial charge in [-0.15, -0.1) is 10.2 Å². The van der Waals surface area contributed by atoms with Crippen LogP contribution in [0.4, 0.5) is 5.69 Å². The van der Waals surface area contributed by atoms with E-state index < -0.39 is 0 Å². The number of anilines is 1. The normalized spacial score (nSPS) is 12.4. The molecule has 0 atom stereocenters. The van der Waals surface area contributed by atoms with Gasteiger partial charge in [0.25, 0.3) is 5.91 Å². The highest BCUT2D eigenvalue weighted by molar-refractivity contribution is 7.99. The van der Waals surface area contributed by atoms with E-state index in [9.17, 15) is 9.59 Å². The Balaban J connectivity index is 1.21. The molecule has 34 heavy (non-hydrogen) atoms. The highest BCUT2D eigenvalue weighted by Gasteiger charge is 2.15. The standard InChI is InChI=1S/C24H21N5O4S/c30-22(26-18-7-8-19-20(12-18)33-11-10-32-19)15-34-24-28-27-21-9-6-17(14-29(21)24)23(31)25-13-16-4-2-1-3-5-16/h1-9,12,14H,10-11,13,15H2,(H,25,31)(H,26,30). The molecule has 2 amide bonds. The number of amides is 2. The lowest BCUT2D eigenvalue weighted by Crippen LogP contribution is -2.23. The van der Waals surface area contributed by atoms with Crippen LogP contribution in [0.25, 0.3) is 5.65 Å². The summed E-state index contributed by atoms with van der Waals surface area (Å²) in [5.41, 5.74) is 2.71. The first-order valence-corrected chi connectivity index (χ1v) is 11.6. The number of hydrogen-bond acceptors (Lipinski definition) is 7. The average Bonchev–Trinajstić information content (AvgIpc) is 3.29. The van der Waals surface area contributed by atoms with Gasteiger partial charge in [0.2, 0.25) is 5.91 Å². The third kappa shape index (κ3) is 4.96. The van der Waals surface area contributed by atoms with Crippen molar-refractivity contribution in [1.29, 1.82) is 0 Å². The third-order valence-corrected chi connectivity index (χ3v) is 6.03. The number of fused-ring (bicyclic) bond motifs is 2. The molecule has 0 bridgehead atoms. The summed E-state index contributed by atoms with van der Waals surface area (Å²) < 4.78 is 12.8. The summed E-state index contributed by atoms with van der Waals surface area (Å²) in [4.78, 5) is 25.1. The van der Waals surface area contributed by atoms with Crippen LogP contribution in [0.3, 0.4) is 0 Å². The van der Waals surface area contributed by atoms with Crippen LogP contribution in [-0.4, -0.2) is 45.4 Å². The minimum Gasteiger partial charge on any atom is -0.486 e. The molecule has 2 aromatic carbocycles. The van der Waals surface area contributed by atoms with Crippen LogP contribution in [-0.2, 0) is 11.3 Å². The Kier molecular flexibility index (Phi) is 6.30. The van der Waals surface area contributed by atoms with Crippen LogP contribution in [0, 0.1) is 0 Å². The van der Waals surface area contributed by atoms with E-state index in [-0.39, 0.29) is 17.6 Å². The van der Waals surface area contributed by atoms with Crippen molar-refractivity contribution in [2.75, 3.05) is 24.3 Å². The minimum atomic E-state index is -0.202. The number of nitrogens with zero attached hydrogens (tertiary/aromatic N) is 3. The number of aromatic nitrogens is 3. The van der Waals surface area contributed by atoms with Crippen molar-refractivity contribution >= 4 is 34.9 Å². The quantitative estimate of drug-likeness (QED) is 0.396. The molecule has 0 aliphatic carbocycles. The number of carbonyl (C=O) groups excluding carboxylic acids is 2. The molecule has 1 aliphatic heterocycles. The average molecular weight is 476 g/mol. The molecule has 0 fully saturated rings. The number of hydrogen-bond donors (Lipinski definition) is 2. The predicted octanol–water partition coefficient (Wildman–Crippen LogP) is 3.16. The molecule has 2 aromatic heterocycles. The van der Waals surface area contributed by atoms with E-state index in [2.05, 4.69) is 20.8 Å². The van der Waals surface area contributed by atoms with Crippen molar-refractivity contribution in [1.82, 2.24) is 19.9 Å². The number of nitrogens with one attached hydrogen (secondary N) is 2. The zero-order chi connectivity index (χ0) is 23.3. The Hall–Kier alpha value is -4.05. The van der Waals surface area contributed by atoms with Gasteiger partial charge in [0.05, 0.1) is 11.3 Å². The van der Waals surface area contributed by atoms with Gasteiger partial charge in [-0.25, -0.2) is 0 Å². The molecule has 9 nitrogen and oxygen atoms in total. The van der Waals surface area contributed by atoms with Gasteiger partial charge >= 0.3 is 0 Å². The first-order chi connectivity index (χ1) is 16.7. The Labute approximate surface area is 199 Å². The van der Waals surface area contributed by atoms with Gasteiger partial charge < -0.3 is 20.1 Å². The molecule has 172 valence electrons. The lowest BCUT2D eigenvalue weighted by molar-refractivity contribution is -0.113. The third-order valence-electron chi connectivity index (χ3n) is 5.09. The zero-order valence-electron chi connectivity index (χ0n) is 18.1. The number of carbonyl (C=O) groups is 2. The van der Waals surface area contributed by atoms with Gasteiger partial charge in [-0.2, -0.15) is 0 Å². The van der Waals surface area contributed by atoms with E-state index in [1.165, 1.54) is 11.8 Å². The first kappa shape index (κ1) is 21.8. The molecule has 0 spiro atoms. The Morgan fingerprint density at radius 1 is 0.971 bits per heavy atom. The fourth-order valence-electron chi connectivity index (χ4n) is 3.43. The topological polar surface area (TPSA) is 107 Å². The molecule has 1 aliphatic rings. The van der Waals surface area contributed by atoms with E-state index in [1.54, 1.807) is 40.9 Å². The summed E-state index contributed by atoms with van der Waals surface area (Å²) in [6.07, 6.45) is 1.68. The summed E-state index contributed by atoms with van der Waals surface area (Å²) in [6.45, 7) is 1.42. The molecule has 5 rings (SSSR count). The van der Waals surface area contributed by atoms with Crippen LogP contribution >= 0.6 is 11.8 Å². The highest BCUT2D eigenvalue weighted by Crippen LogP contribution is 2.32. The Morgan fingerprint density at radius 2 is 1.79 bits per heavy atom. The van der Waals surface area contributed by atoms with Crippen LogP contribution in [0.15, 0.2) is 72.0 Å². The molecule has 0 saturated carbocycles. The maximum Gasteiger partial charge on any atom is 0.253 e. The Morgan fingerprint density at radius 3 is 2.65 bits per heavy atom. The molecular formula is C24H21N5O4S. The molecule has 0 unspecified atom stereocenters. The maximum absolute atomic E-state index is 12.6. The van der Waals surface area contributed by atoms with E-state index >= 15 is 0 Å². The number of benzene rings is 2. The maximum atomic E-state index is 12.6.